The first-order valence-corrected chi connectivity index (χ1v) is 25.0. The number of nitrogens with one attached hydrogen (secondary N) is 1. The van der Waals surface area contributed by atoms with E-state index in [1.54, 1.807) is 34.0 Å². The lowest BCUT2D eigenvalue weighted by Gasteiger charge is -2.47. The zero-order valence-electron chi connectivity index (χ0n) is 41.7. The van der Waals surface area contributed by atoms with E-state index in [1.165, 1.54) is 19.1 Å². The standard InChI is InChI=1S/C53H78N2O13/c1-10-36-23-30(2)22-31(3)24-47(64-8)49-48(65-9)25-32(4)53(62,68-49)50(59)51(60)55-21-12-11-15-41(55)52(61)67-44(33(5)42(57)29-43(36)58)16-13-14-35-17-20-45(46(26-35)63-7)66-38-18-19-39-37(27-38)28-40(54-39)34(6)56/h13,16,18-19,23,27-28,31-36,41-42,44-49,54,56-57,62H,10-12,14-15,17,20-22,24-26,29H2,1-9H3/b16-13?,30-23+. The van der Waals surface area contributed by atoms with E-state index in [9.17, 15) is 34.5 Å². The van der Waals surface area contributed by atoms with Crippen molar-refractivity contribution < 1.29 is 62.9 Å². The Balaban J connectivity index is 1.23. The summed E-state index contributed by atoms with van der Waals surface area (Å²) < 4.78 is 36.7. The van der Waals surface area contributed by atoms with Crippen LogP contribution in [0.2, 0.25) is 0 Å². The lowest BCUT2D eigenvalue weighted by atomic mass is 9.82. The number of rotatable bonds is 10. The molecular formula is C53H78N2O13. The number of cyclic esters (lactones) is 1. The SMILES string of the molecule is CCC1/C=C(\C)CC(C)CC(OC)C2OC(O)(C(=O)C(=O)N3CCCCC3C(=O)OC(C=CCC3CCC(Oc4ccc5[nH]c(C(C)O)cc5c4)C(OC)C3)C(C)C(O)CC1=O)C(C)CC2OC. The number of H-pyrrole nitrogens is 1. The van der Waals surface area contributed by atoms with Crippen molar-refractivity contribution in [2.45, 2.75) is 179 Å². The fourth-order valence-corrected chi connectivity index (χ4v) is 10.9. The number of aromatic nitrogens is 1. The van der Waals surface area contributed by atoms with Gasteiger partial charge in [0.2, 0.25) is 5.79 Å². The summed E-state index contributed by atoms with van der Waals surface area (Å²) in [6, 6.07) is 6.60. The first-order valence-electron chi connectivity index (χ1n) is 25.0. The van der Waals surface area contributed by atoms with Crippen LogP contribution in [0.3, 0.4) is 0 Å². The highest BCUT2D eigenvalue weighted by Gasteiger charge is 2.56. The molecule has 4 N–H and O–H groups in total. The van der Waals surface area contributed by atoms with Crippen molar-refractivity contribution in [3.05, 3.63) is 53.8 Å². The molecule has 1 aromatic heterocycles. The van der Waals surface area contributed by atoms with Gasteiger partial charge in [-0.25, -0.2) is 4.79 Å². The van der Waals surface area contributed by atoms with Crippen LogP contribution < -0.4 is 4.74 Å². The monoisotopic (exact) mass is 951 g/mol. The molecular weight excluding hydrogens is 873 g/mol. The van der Waals surface area contributed by atoms with Gasteiger partial charge in [-0.15, -0.1) is 0 Å². The Hall–Kier alpha value is -3.96. The lowest BCUT2D eigenvalue weighted by Crippen LogP contribution is -2.64. The van der Waals surface area contributed by atoms with E-state index in [1.807, 2.05) is 50.3 Å². The first kappa shape index (κ1) is 53.4. The molecule has 4 aliphatic rings. The molecule has 15 unspecified atom stereocenters. The lowest BCUT2D eigenvalue weighted by molar-refractivity contribution is -0.302. The van der Waals surface area contributed by atoms with Crippen LogP contribution in [0.5, 0.6) is 5.75 Å². The largest absolute Gasteiger partial charge is 0.488 e. The molecule has 15 atom stereocenters. The van der Waals surface area contributed by atoms with Gasteiger partial charge in [0.15, 0.2) is 0 Å². The molecule has 2 aromatic rings. The number of fused-ring (bicyclic) bond motifs is 4. The molecule has 1 aliphatic carbocycles. The number of nitrogens with zero attached hydrogens (tertiary/aromatic N) is 1. The Labute approximate surface area is 402 Å². The summed E-state index contributed by atoms with van der Waals surface area (Å²) in [5.41, 5.74) is 2.64. The smallest absolute Gasteiger partial charge is 0.329 e. The zero-order chi connectivity index (χ0) is 49.4. The summed E-state index contributed by atoms with van der Waals surface area (Å²) >= 11 is 0. The molecule has 0 radical (unpaired) electrons. The van der Waals surface area contributed by atoms with Crippen LogP contribution in [0.15, 0.2) is 48.1 Å². The number of carbonyl (C=O) groups is 4. The third-order valence-corrected chi connectivity index (χ3v) is 15.2. The Morgan fingerprint density at radius 2 is 1.65 bits per heavy atom. The zero-order valence-corrected chi connectivity index (χ0v) is 41.7. The number of ether oxygens (including phenoxy) is 6. The molecule has 1 aromatic carbocycles. The number of methoxy groups -OCH3 is 3. The van der Waals surface area contributed by atoms with E-state index in [0.717, 1.165) is 40.8 Å². The fourth-order valence-electron chi connectivity index (χ4n) is 10.9. The van der Waals surface area contributed by atoms with Crippen molar-refractivity contribution in [1.29, 1.82) is 0 Å². The number of aliphatic hydroxyl groups is 3. The summed E-state index contributed by atoms with van der Waals surface area (Å²) in [6.07, 6.45) is 6.48. The van der Waals surface area contributed by atoms with E-state index in [4.69, 9.17) is 28.4 Å². The Morgan fingerprint density at radius 1 is 0.926 bits per heavy atom. The van der Waals surface area contributed by atoms with Gasteiger partial charge in [-0.1, -0.05) is 45.4 Å². The van der Waals surface area contributed by atoms with E-state index in [-0.39, 0.29) is 55.6 Å². The molecule has 1 saturated carbocycles. The molecule has 15 heteroatoms. The number of piperidine rings is 1. The van der Waals surface area contributed by atoms with Gasteiger partial charge in [0.25, 0.3) is 11.7 Å². The number of esters is 1. The third kappa shape index (κ3) is 12.5. The van der Waals surface area contributed by atoms with Crippen LogP contribution in [0.4, 0.5) is 0 Å². The number of amides is 1. The molecule has 68 heavy (non-hydrogen) atoms. The summed E-state index contributed by atoms with van der Waals surface area (Å²) in [5, 5.41) is 34.8. The number of allylic oxidation sites excluding steroid dienone is 3. The first-order chi connectivity index (χ1) is 32.4. The molecule has 2 bridgehead atoms. The van der Waals surface area contributed by atoms with E-state index >= 15 is 0 Å². The molecule has 3 aliphatic heterocycles. The number of hydrogen-bond donors (Lipinski definition) is 4. The van der Waals surface area contributed by atoms with Gasteiger partial charge in [0.05, 0.1) is 30.5 Å². The maximum atomic E-state index is 14.4. The van der Waals surface area contributed by atoms with Gasteiger partial charge in [-0.3, -0.25) is 14.4 Å². The second kappa shape index (κ2) is 23.8. The number of benzene rings is 1. The molecule has 6 rings (SSSR count). The van der Waals surface area contributed by atoms with Gasteiger partial charge in [0.1, 0.15) is 35.9 Å². The van der Waals surface area contributed by atoms with Crippen molar-refractivity contribution in [1.82, 2.24) is 9.88 Å². The highest BCUT2D eigenvalue weighted by atomic mass is 16.7. The van der Waals surface area contributed by atoms with Gasteiger partial charge < -0.3 is 53.6 Å². The average Bonchev–Trinajstić information content (AvgIpc) is 3.76. The van der Waals surface area contributed by atoms with Crippen LogP contribution >= 0.6 is 0 Å². The number of Topliss-reactive ketones (excluding diaryl/α,β-unsaturated/α-hetero) is 2. The number of aliphatic hydroxyl groups excluding tert-OH is 2. The summed E-state index contributed by atoms with van der Waals surface area (Å²) in [7, 11) is 4.75. The molecule has 0 spiro atoms. The number of aromatic amines is 1. The van der Waals surface area contributed by atoms with Crippen molar-refractivity contribution in [2.24, 2.45) is 29.6 Å². The maximum Gasteiger partial charge on any atom is 0.329 e. The molecule has 4 heterocycles. The number of hydrogen-bond acceptors (Lipinski definition) is 13. The molecule has 15 nitrogen and oxygen atoms in total. The second-order valence-electron chi connectivity index (χ2n) is 20.3. The van der Waals surface area contributed by atoms with Crippen LogP contribution in [-0.2, 0) is 42.9 Å². The van der Waals surface area contributed by atoms with Crippen molar-refractivity contribution in [3.8, 4) is 5.75 Å². The van der Waals surface area contributed by atoms with Crippen LogP contribution in [0, 0.1) is 29.6 Å². The molecule has 378 valence electrons. The molecule has 1 amide bonds. The van der Waals surface area contributed by atoms with Crippen LogP contribution in [-0.4, -0.2) is 131 Å². The highest BCUT2D eigenvalue weighted by Crippen LogP contribution is 2.39. The maximum absolute atomic E-state index is 14.4. The van der Waals surface area contributed by atoms with Crippen molar-refractivity contribution in [2.75, 3.05) is 27.9 Å². The van der Waals surface area contributed by atoms with Crippen molar-refractivity contribution in [3.63, 3.8) is 0 Å². The second-order valence-corrected chi connectivity index (χ2v) is 20.3. The normalized spacial score (nSPS) is 36.7. The summed E-state index contributed by atoms with van der Waals surface area (Å²) in [4.78, 5) is 61.3. The minimum Gasteiger partial charge on any atom is -0.488 e. The quantitative estimate of drug-likeness (QED) is 0.107. The van der Waals surface area contributed by atoms with Crippen molar-refractivity contribution >= 4 is 34.3 Å². The number of ketones is 2. The fraction of sp³-hybridized carbons (Fsp3) is 0.698. The predicted octanol–water partition coefficient (Wildman–Crippen LogP) is 7.09. The minimum absolute atomic E-state index is 0.0278. The van der Waals surface area contributed by atoms with E-state index in [0.29, 0.717) is 44.9 Å². The Kier molecular flexibility index (Phi) is 18.7. The minimum atomic E-state index is -2.51. The highest BCUT2D eigenvalue weighted by molar-refractivity contribution is 6.39. The van der Waals surface area contributed by atoms with E-state index < -0.39 is 83.9 Å². The summed E-state index contributed by atoms with van der Waals surface area (Å²) in [5.74, 6) is -6.61. The van der Waals surface area contributed by atoms with E-state index in [2.05, 4.69) is 11.9 Å². The molecule has 2 saturated heterocycles. The van der Waals surface area contributed by atoms with Crippen LogP contribution in [0.25, 0.3) is 10.9 Å². The van der Waals surface area contributed by atoms with Gasteiger partial charge in [-0.05, 0) is 127 Å². The van der Waals surface area contributed by atoms with Gasteiger partial charge >= 0.3 is 5.97 Å². The Bertz CT molecular complexity index is 2100. The average molecular weight is 951 g/mol. The summed E-state index contributed by atoms with van der Waals surface area (Å²) in [6.45, 7) is 11.2. The van der Waals surface area contributed by atoms with Crippen LogP contribution in [0.1, 0.15) is 130 Å². The predicted molar refractivity (Wildman–Crippen MR) is 255 cm³/mol. The topological polar surface area (TPSA) is 203 Å². The van der Waals surface area contributed by atoms with Gasteiger partial charge in [-0.2, -0.15) is 0 Å². The third-order valence-electron chi connectivity index (χ3n) is 15.2. The number of carbonyl (C=O) groups excluding carboxylic acids is 4. The Morgan fingerprint density at radius 3 is 2.34 bits per heavy atom. The van der Waals surface area contributed by atoms with Gasteiger partial charge in [0, 0.05) is 68.6 Å². The molecule has 3 fully saturated rings.